The summed E-state index contributed by atoms with van der Waals surface area (Å²) >= 11 is 0. The summed E-state index contributed by atoms with van der Waals surface area (Å²) in [7, 11) is 1.26. The van der Waals surface area contributed by atoms with Gasteiger partial charge in [0, 0.05) is 12.0 Å². The summed E-state index contributed by atoms with van der Waals surface area (Å²) in [5.41, 5.74) is -0.907. The van der Waals surface area contributed by atoms with Crippen LogP contribution >= 0.6 is 0 Å². The number of amides is 1. The van der Waals surface area contributed by atoms with Crippen molar-refractivity contribution in [1.82, 2.24) is 5.32 Å². The summed E-state index contributed by atoms with van der Waals surface area (Å²) in [5, 5.41) is 20.9. The minimum absolute atomic E-state index is 0. The maximum absolute atomic E-state index is 11.4. The molecule has 0 saturated heterocycles. The van der Waals surface area contributed by atoms with Gasteiger partial charge in [0.15, 0.2) is 0 Å². The molecule has 0 saturated carbocycles. The third kappa shape index (κ3) is 7.00. The predicted molar refractivity (Wildman–Crippen MR) is 63.7 cm³/mol. The Bertz CT molecular complexity index is 257. The Balaban J connectivity index is 0. The van der Waals surface area contributed by atoms with Crippen molar-refractivity contribution < 1.29 is 24.5 Å². The molecule has 7 heteroatoms. The second-order valence-corrected chi connectivity index (χ2v) is 4.17. The summed E-state index contributed by atoms with van der Waals surface area (Å²) in [6, 6.07) is 0. The fourth-order valence-electron chi connectivity index (χ4n) is 0.928. The van der Waals surface area contributed by atoms with Crippen molar-refractivity contribution >= 4 is 41.4 Å². The van der Waals surface area contributed by atoms with Gasteiger partial charge in [0.05, 0.1) is 20.1 Å². The van der Waals surface area contributed by atoms with Crippen LogP contribution < -0.4 is 5.32 Å². The molecule has 0 spiro atoms. The van der Waals surface area contributed by atoms with E-state index in [0.29, 0.717) is 0 Å². The number of nitrogens with one attached hydrogen (secondary N) is 1. The van der Waals surface area contributed by atoms with Crippen LogP contribution in [0.25, 0.3) is 0 Å². The summed E-state index contributed by atoms with van der Waals surface area (Å²) in [5.74, 6) is -1.04. The van der Waals surface area contributed by atoms with E-state index in [0.717, 1.165) is 0 Å². The molecule has 6 nitrogen and oxygen atoms in total. The molecule has 0 aliphatic heterocycles. The van der Waals surface area contributed by atoms with Crippen molar-refractivity contribution in [2.75, 3.05) is 20.3 Å². The average molecular weight is 257 g/mol. The zero-order valence-corrected chi connectivity index (χ0v) is 9.82. The van der Waals surface area contributed by atoms with Crippen LogP contribution in [0.3, 0.4) is 0 Å². The third-order valence-corrected chi connectivity index (χ3v) is 2.25. The molecule has 0 radical (unpaired) electrons. The average Bonchev–Trinajstić information content (AvgIpc) is 2.27. The maximum atomic E-state index is 11.4. The molecule has 0 fully saturated rings. The topological polar surface area (TPSA) is 95.9 Å². The van der Waals surface area contributed by atoms with Crippen LogP contribution in [0.1, 0.15) is 20.3 Å². The molecule has 0 aromatic heterocycles. The minimum atomic E-state index is -1.31. The first-order chi connectivity index (χ1) is 7.35. The number of rotatable bonds is 6. The Morgan fingerprint density at radius 2 is 1.94 bits per heavy atom. The SMILES string of the molecule is COC(=O)CCNC(=O)[C@H](O)C(C)(C)CO.[NaH]. The molecular formula is C10H20NNaO5. The van der Waals surface area contributed by atoms with E-state index in [1.807, 2.05) is 0 Å². The van der Waals surface area contributed by atoms with Crippen LogP contribution in [-0.4, -0.2) is 78.0 Å². The first-order valence-corrected chi connectivity index (χ1v) is 4.98. The number of aliphatic hydroxyl groups excluding tert-OH is 2. The van der Waals surface area contributed by atoms with Gasteiger partial charge in [0.1, 0.15) is 6.10 Å². The summed E-state index contributed by atoms with van der Waals surface area (Å²) < 4.78 is 4.39. The number of ether oxygens (including phenoxy) is 1. The molecule has 96 valence electrons. The summed E-state index contributed by atoms with van der Waals surface area (Å²) in [6.45, 7) is 2.93. The molecule has 3 N–H and O–H groups in total. The Labute approximate surface area is 123 Å². The molecule has 0 aliphatic rings. The standard InChI is InChI=1S/C10H19NO5.Na.H/c1-10(2,6-12)8(14)9(15)11-5-4-7(13)16-3;;/h8,12,14H,4-6H2,1-3H3,(H,11,15);;/t8-;;/m0../s1. The Morgan fingerprint density at radius 1 is 1.41 bits per heavy atom. The van der Waals surface area contributed by atoms with E-state index in [4.69, 9.17) is 5.11 Å². The van der Waals surface area contributed by atoms with Crippen molar-refractivity contribution in [2.24, 2.45) is 5.41 Å². The van der Waals surface area contributed by atoms with Crippen LogP contribution in [-0.2, 0) is 14.3 Å². The molecule has 1 atom stereocenters. The van der Waals surface area contributed by atoms with Gasteiger partial charge in [-0.15, -0.1) is 0 Å². The molecule has 0 heterocycles. The van der Waals surface area contributed by atoms with Gasteiger partial charge in [-0.05, 0) is 0 Å². The van der Waals surface area contributed by atoms with E-state index >= 15 is 0 Å². The van der Waals surface area contributed by atoms with E-state index < -0.39 is 23.4 Å². The van der Waals surface area contributed by atoms with Gasteiger partial charge in [0.25, 0.3) is 0 Å². The van der Waals surface area contributed by atoms with Crippen molar-refractivity contribution in [3.8, 4) is 0 Å². The number of carbonyl (C=O) groups excluding carboxylic acids is 2. The molecule has 0 rings (SSSR count). The van der Waals surface area contributed by atoms with Crippen LogP contribution in [0.5, 0.6) is 0 Å². The Hall–Kier alpha value is -0.140. The second kappa shape index (κ2) is 8.88. The van der Waals surface area contributed by atoms with Crippen molar-refractivity contribution in [2.45, 2.75) is 26.4 Å². The zero-order valence-electron chi connectivity index (χ0n) is 9.82. The molecular weight excluding hydrogens is 237 g/mol. The number of methoxy groups -OCH3 is 1. The van der Waals surface area contributed by atoms with Gasteiger partial charge >= 0.3 is 35.5 Å². The van der Waals surface area contributed by atoms with Gasteiger partial charge in [-0.2, -0.15) is 0 Å². The predicted octanol–water partition coefficient (Wildman–Crippen LogP) is -1.60. The van der Waals surface area contributed by atoms with Gasteiger partial charge in [-0.3, -0.25) is 9.59 Å². The molecule has 0 aromatic rings. The van der Waals surface area contributed by atoms with Crippen LogP contribution in [0.4, 0.5) is 0 Å². The van der Waals surface area contributed by atoms with Crippen molar-refractivity contribution in [1.29, 1.82) is 0 Å². The molecule has 0 unspecified atom stereocenters. The molecule has 0 bridgehead atoms. The van der Waals surface area contributed by atoms with Gasteiger partial charge in [0.2, 0.25) is 5.91 Å². The normalized spacial score (nSPS) is 12.3. The van der Waals surface area contributed by atoms with Crippen LogP contribution in [0.2, 0.25) is 0 Å². The Kier molecular flexibility index (Phi) is 10.0. The van der Waals surface area contributed by atoms with Gasteiger partial charge in [-0.1, -0.05) is 13.8 Å². The van der Waals surface area contributed by atoms with E-state index in [1.54, 1.807) is 13.8 Å². The second-order valence-electron chi connectivity index (χ2n) is 4.17. The number of hydrogen-bond donors (Lipinski definition) is 3. The van der Waals surface area contributed by atoms with Crippen molar-refractivity contribution in [3.05, 3.63) is 0 Å². The first-order valence-electron chi connectivity index (χ1n) is 4.98. The molecule has 17 heavy (non-hydrogen) atoms. The molecule has 0 aromatic carbocycles. The molecule has 1 amide bonds. The van der Waals surface area contributed by atoms with Crippen LogP contribution in [0, 0.1) is 5.41 Å². The quantitative estimate of drug-likeness (QED) is 0.393. The van der Waals surface area contributed by atoms with Gasteiger partial charge < -0.3 is 20.3 Å². The van der Waals surface area contributed by atoms with Crippen LogP contribution in [0.15, 0.2) is 0 Å². The monoisotopic (exact) mass is 257 g/mol. The first kappa shape index (κ1) is 19.2. The summed E-state index contributed by atoms with van der Waals surface area (Å²) in [6.07, 6.45) is -1.26. The Morgan fingerprint density at radius 3 is 2.35 bits per heavy atom. The zero-order chi connectivity index (χ0) is 12.8. The van der Waals surface area contributed by atoms with Crippen molar-refractivity contribution in [3.63, 3.8) is 0 Å². The summed E-state index contributed by atoms with van der Waals surface area (Å²) in [4.78, 5) is 22.1. The van der Waals surface area contributed by atoms with E-state index in [1.165, 1.54) is 7.11 Å². The van der Waals surface area contributed by atoms with Gasteiger partial charge in [-0.25, -0.2) is 0 Å². The fraction of sp³-hybridized carbons (Fsp3) is 0.800. The number of aliphatic hydroxyl groups is 2. The van der Waals surface area contributed by atoms with E-state index in [9.17, 15) is 14.7 Å². The fourth-order valence-corrected chi connectivity index (χ4v) is 0.928. The molecule has 0 aliphatic carbocycles. The van der Waals surface area contributed by atoms with E-state index in [-0.39, 0.29) is 49.1 Å². The number of carbonyl (C=O) groups is 2. The van der Waals surface area contributed by atoms with E-state index in [2.05, 4.69) is 10.1 Å². The third-order valence-electron chi connectivity index (χ3n) is 2.25. The number of esters is 1. The number of hydrogen-bond acceptors (Lipinski definition) is 5.